The number of halogens is 2. The molecule has 11 nitrogen and oxygen atoms in total. The number of amides is 4. The number of rotatable bonds is 11. The second-order valence-electron chi connectivity index (χ2n) is 12.6. The Morgan fingerprint density at radius 2 is 1.80 bits per heavy atom. The van der Waals surface area contributed by atoms with Crippen molar-refractivity contribution in [2.45, 2.75) is 56.9 Å². The molecule has 2 aliphatic heterocycles. The number of aromatic nitrogens is 1. The average Bonchev–Trinajstić information content (AvgIpc) is 3.03. The van der Waals surface area contributed by atoms with Crippen LogP contribution in [0.2, 0.25) is 25.7 Å². The predicted molar refractivity (Wildman–Crippen MR) is 168 cm³/mol. The fourth-order valence-electron chi connectivity index (χ4n) is 5.48. The summed E-state index contributed by atoms with van der Waals surface area (Å²) in [7, 11) is -0.536. The van der Waals surface area contributed by atoms with Gasteiger partial charge in [-0.2, -0.15) is 0 Å². The van der Waals surface area contributed by atoms with Crippen molar-refractivity contribution in [2.75, 3.05) is 39.9 Å². The molecule has 0 bridgehead atoms. The first-order chi connectivity index (χ1) is 21.9. The molecule has 1 aromatic carbocycles. The number of nitrogens with one attached hydrogen (secondary N) is 2. The molecule has 2 aromatic rings. The lowest BCUT2D eigenvalue weighted by molar-refractivity contribution is -0.141. The molecule has 2 N–H and O–H groups in total. The Balaban J connectivity index is 1.49. The molecule has 0 radical (unpaired) electrons. The Morgan fingerprint density at radius 1 is 1.07 bits per heavy atom. The molecule has 1 aromatic heterocycles. The third kappa shape index (κ3) is 8.75. The van der Waals surface area contributed by atoms with Crippen molar-refractivity contribution in [2.24, 2.45) is 0 Å². The molecule has 3 heterocycles. The zero-order valence-electron chi connectivity index (χ0n) is 26.6. The Kier molecular flexibility index (Phi) is 11.6. The van der Waals surface area contributed by atoms with E-state index < -0.39 is 61.0 Å². The van der Waals surface area contributed by atoms with E-state index in [0.717, 1.165) is 56.9 Å². The number of nitrogens with zero attached hydrogens (tertiary/aromatic N) is 3. The van der Waals surface area contributed by atoms with Gasteiger partial charge in [0.1, 0.15) is 11.7 Å². The number of likely N-dealkylation sites (tertiary alicyclic amines) is 1. The maximum atomic E-state index is 14.4. The Hall–Kier alpha value is -4.17. The smallest absolute Gasteiger partial charge is 0.355 e. The highest BCUT2D eigenvalue weighted by Gasteiger charge is 2.45. The van der Waals surface area contributed by atoms with Gasteiger partial charge < -0.3 is 25.0 Å². The zero-order chi connectivity index (χ0) is 33.4. The van der Waals surface area contributed by atoms with Gasteiger partial charge in [-0.25, -0.2) is 32.9 Å². The summed E-state index contributed by atoms with van der Waals surface area (Å²) < 4.78 is 38.6. The van der Waals surface area contributed by atoms with Crippen LogP contribution in [0.15, 0.2) is 53.9 Å². The molecule has 1 atom stereocenters. The molecule has 4 rings (SSSR count). The summed E-state index contributed by atoms with van der Waals surface area (Å²) in [4.78, 5) is 60.6. The highest BCUT2D eigenvalue weighted by molar-refractivity contribution is 6.76. The van der Waals surface area contributed by atoms with Gasteiger partial charge in [-0.1, -0.05) is 31.8 Å². The van der Waals surface area contributed by atoms with Crippen LogP contribution in [0.25, 0.3) is 0 Å². The van der Waals surface area contributed by atoms with Crippen LogP contribution in [0.4, 0.5) is 18.4 Å². The molecule has 0 saturated carbocycles. The van der Waals surface area contributed by atoms with Gasteiger partial charge in [-0.15, -0.1) is 0 Å². The SMILES string of the molecule is COC(=O)C1=C(C(=O)OCC[Si](C)(C)C)NC(=O)N(C(=O)NCCCN2CCC(c3ccccn3)CC2)C1c1ccc(F)c(F)c1. The van der Waals surface area contributed by atoms with E-state index in [1.807, 2.05) is 18.2 Å². The second-order valence-corrected chi connectivity index (χ2v) is 18.2. The molecule has 248 valence electrons. The summed E-state index contributed by atoms with van der Waals surface area (Å²) in [5, 5.41) is 5.00. The minimum Gasteiger partial charge on any atom is -0.466 e. The number of urea groups is 2. The normalized spacial score (nSPS) is 17.8. The maximum absolute atomic E-state index is 14.4. The van der Waals surface area contributed by atoms with Gasteiger partial charge in [0.15, 0.2) is 11.6 Å². The highest BCUT2D eigenvalue weighted by Crippen LogP contribution is 2.35. The van der Waals surface area contributed by atoms with Crippen LogP contribution >= 0.6 is 0 Å². The third-order valence-electron chi connectivity index (χ3n) is 8.05. The number of carbonyl (C=O) groups excluding carboxylic acids is 4. The van der Waals surface area contributed by atoms with Crippen LogP contribution < -0.4 is 10.6 Å². The summed E-state index contributed by atoms with van der Waals surface area (Å²) in [5.74, 6) is -4.09. The van der Waals surface area contributed by atoms with Crippen molar-refractivity contribution in [1.82, 2.24) is 25.4 Å². The third-order valence-corrected chi connectivity index (χ3v) is 9.75. The lowest BCUT2D eigenvalue weighted by Crippen LogP contribution is -2.56. The van der Waals surface area contributed by atoms with E-state index in [1.54, 1.807) is 6.20 Å². The standard InChI is InChI=1S/C32H41F2N5O6Si/c1-44-29(40)26-27(30(41)45-18-19-46(2,3)4)37-32(43)39(28(26)22-9-10-23(33)24(34)20-22)31(42)36-14-7-15-38-16-11-21(12-17-38)25-8-5-6-13-35-25/h5-6,8-10,13,20-21,28H,7,11-12,14-19H2,1-4H3,(H,36,42)(H,37,43). The van der Waals surface area contributed by atoms with Crippen molar-refractivity contribution in [3.05, 3.63) is 76.8 Å². The molecule has 1 unspecified atom stereocenters. The second kappa shape index (κ2) is 15.4. The minimum atomic E-state index is -1.61. The Labute approximate surface area is 268 Å². The van der Waals surface area contributed by atoms with Crippen LogP contribution in [0.1, 0.15) is 42.5 Å². The summed E-state index contributed by atoms with van der Waals surface area (Å²) >= 11 is 0. The number of piperidine rings is 1. The molecule has 2 aliphatic rings. The van der Waals surface area contributed by atoms with Crippen LogP contribution in [-0.2, 0) is 19.1 Å². The highest BCUT2D eigenvalue weighted by atomic mass is 28.3. The van der Waals surface area contributed by atoms with Gasteiger partial charge in [-0.05, 0) is 74.8 Å². The lowest BCUT2D eigenvalue weighted by Gasteiger charge is -2.36. The Bertz CT molecular complexity index is 1460. The topological polar surface area (TPSA) is 130 Å². The number of ether oxygens (including phenoxy) is 2. The van der Waals surface area contributed by atoms with Gasteiger partial charge in [-0.3, -0.25) is 4.98 Å². The summed E-state index contributed by atoms with van der Waals surface area (Å²) in [6.45, 7) is 8.96. The van der Waals surface area contributed by atoms with E-state index in [0.29, 0.717) is 29.8 Å². The first-order valence-corrected chi connectivity index (χ1v) is 19.1. The van der Waals surface area contributed by atoms with E-state index in [1.165, 1.54) is 0 Å². The molecular formula is C32H41F2N5O6Si. The minimum absolute atomic E-state index is 0.0449. The summed E-state index contributed by atoms with van der Waals surface area (Å²) in [6.07, 6.45) is 4.31. The van der Waals surface area contributed by atoms with Gasteiger partial charge >= 0.3 is 24.0 Å². The van der Waals surface area contributed by atoms with Crippen molar-refractivity contribution >= 4 is 32.1 Å². The molecule has 0 aliphatic carbocycles. The van der Waals surface area contributed by atoms with Gasteiger partial charge in [0.25, 0.3) is 0 Å². The van der Waals surface area contributed by atoms with Gasteiger partial charge in [0.2, 0.25) is 0 Å². The van der Waals surface area contributed by atoms with Gasteiger partial charge in [0, 0.05) is 32.4 Å². The average molecular weight is 658 g/mol. The van der Waals surface area contributed by atoms with E-state index in [4.69, 9.17) is 9.47 Å². The van der Waals surface area contributed by atoms with Crippen LogP contribution in [0.5, 0.6) is 0 Å². The number of hydrogen-bond acceptors (Lipinski definition) is 8. The predicted octanol–water partition coefficient (Wildman–Crippen LogP) is 4.71. The monoisotopic (exact) mass is 657 g/mol. The number of methoxy groups -OCH3 is 1. The van der Waals surface area contributed by atoms with Crippen molar-refractivity contribution in [1.29, 1.82) is 0 Å². The molecule has 1 fully saturated rings. The first-order valence-electron chi connectivity index (χ1n) is 15.4. The van der Waals surface area contributed by atoms with Crippen molar-refractivity contribution in [3.63, 3.8) is 0 Å². The number of pyridine rings is 1. The zero-order valence-corrected chi connectivity index (χ0v) is 27.6. The van der Waals surface area contributed by atoms with Crippen LogP contribution in [0, 0.1) is 11.6 Å². The quantitative estimate of drug-likeness (QED) is 0.202. The largest absolute Gasteiger partial charge is 0.466 e. The molecule has 0 spiro atoms. The maximum Gasteiger partial charge on any atom is 0.355 e. The molecule has 14 heteroatoms. The summed E-state index contributed by atoms with van der Waals surface area (Å²) in [6, 6.07) is 5.71. The van der Waals surface area contributed by atoms with E-state index >= 15 is 0 Å². The Morgan fingerprint density at radius 3 is 2.43 bits per heavy atom. The van der Waals surface area contributed by atoms with Crippen molar-refractivity contribution in [3.8, 4) is 0 Å². The fourth-order valence-corrected chi connectivity index (χ4v) is 6.20. The van der Waals surface area contributed by atoms with Crippen LogP contribution in [-0.4, -0.2) is 86.8 Å². The van der Waals surface area contributed by atoms with Crippen molar-refractivity contribution < 1.29 is 37.4 Å². The molecule has 4 amide bonds. The van der Waals surface area contributed by atoms with E-state index in [9.17, 15) is 28.0 Å². The molecule has 1 saturated heterocycles. The fraction of sp³-hybridized carbons (Fsp3) is 0.469. The lowest BCUT2D eigenvalue weighted by atomic mass is 9.93. The number of esters is 2. The van der Waals surface area contributed by atoms with Crippen LogP contribution in [0.3, 0.4) is 0 Å². The first kappa shape index (κ1) is 34.7. The van der Waals surface area contributed by atoms with Gasteiger partial charge in [0.05, 0.1) is 19.3 Å². The number of hydrogen-bond donors (Lipinski definition) is 2. The van der Waals surface area contributed by atoms with E-state index in [2.05, 4.69) is 40.2 Å². The number of carbonyl (C=O) groups is 4. The number of imide groups is 1. The summed E-state index contributed by atoms with van der Waals surface area (Å²) in [5.41, 5.74) is -0.00185. The number of benzene rings is 1. The molecule has 46 heavy (non-hydrogen) atoms. The van der Waals surface area contributed by atoms with E-state index in [-0.39, 0.29) is 18.7 Å². The molecular weight excluding hydrogens is 616 g/mol.